The lowest BCUT2D eigenvalue weighted by Gasteiger charge is -2.41. The Balaban J connectivity index is 1.33. The molecule has 1 radical (unpaired) electrons. The van der Waals surface area contributed by atoms with Crippen LogP contribution in [0.4, 0.5) is 5.69 Å². The van der Waals surface area contributed by atoms with E-state index in [1.807, 2.05) is 0 Å². The average Bonchev–Trinajstić information content (AvgIpc) is 3.85. The molecule has 1 unspecified atom stereocenters. The molecule has 347 valence electrons. The normalized spacial score (nSPS) is 22.4. The van der Waals surface area contributed by atoms with Gasteiger partial charge < -0.3 is 14.6 Å². The summed E-state index contributed by atoms with van der Waals surface area (Å²) in [7, 11) is 2.30. The first-order valence-electron chi connectivity index (χ1n) is 24.9. The fraction of sp³-hybridized carbons (Fsp3) is 0.443. The van der Waals surface area contributed by atoms with Crippen LogP contribution >= 0.6 is 11.3 Å². The van der Waals surface area contributed by atoms with Crippen LogP contribution in [0.5, 0.6) is 0 Å². The molecule has 1 atom stereocenters. The maximum Gasteiger partial charge on any atom is 0.243 e. The Hall–Kier alpha value is -4.74. The zero-order valence-electron chi connectivity index (χ0n) is 42.5. The molecule has 0 bridgehead atoms. The van der Waals surface area contributed by atoms with E-state index in [2.05, 4.69) is 234 Å². The third-order valence-electron chi connectivity index (χ3n) is 14.8. The minimum atomic E-state index is 0.0519. The summed E-state index contributed by atoms with van der Waals surface area (Å²) in [6, 6.07) is 13.5. The lowest BCUT2D eigenvalue weighted by molar-refractivity contribution is 0.231. The van der Waals surface area contributed by atoms with Crippen LogP contribution in [-0.2, 0) is 10.8 Å². The first kappa shape index (κ1) is 49.2. The largest absolute Gasteiger partial charge is 0.469 e. The molecular weight excluding hydrogens is 820 g/mol. The molecule has 4 aromatic rings. The zero-order chi connectivity index (χ0) is 47.3. The number of benzene rings is 2. The summed E-state index contributed by atoms with van der Waals surface area (Å²) in [4.78, 5) is 2.40. The first-order valence-corrected chi connectivity index (χ1v) is 25.8. The van der Waals surface area contributed by atoms with Crippen LogP contribution in [0.1, 0.15) is 151 Å². The number of nitrogens with one attached hydrogen (secondary N) is 1. The van der Waals surface area contributed by atoms with E-state index in [0.29, 0.717) is 12.5 Å². The van der Waals surface area contributed by atoms with Crippen LogP contribution < -0.4 is 15.9 Å². The molecule has 3 aliphatic carbocycles. The van der Waals surface area contributed by atoms with E-state index >= 15 is 0 Å². The number of thiophene rings is 1. The molecule has 2 aromatic carbocycles. The van der Waals surface area contributed by atoms with Crippen LogP contribution in [0.2, 0.25) is 0 Å². The van der Waals surface area contributed by atoms with E-state index in [1.165, 1.54) is 51.5 Å². The van der Waals surface area contributed by atoms with E-state index in [9.17, 15) is 0 Å². The molecule has 2 heterocycles. The molecule has 0 amide bonds. The van der Waals surface area contributed by atoms with Gasteiger partial charge in [0.05, 0.1) is 11.3 Å². The molecular formula is C61H78BN2OS. The number of anilines is 1. The van der Waals surface area contributed by atoms with Crippen molar-refractivity contribution in [3.8, 4) is 0 Å². The number of hydrogen-bond donors (Lipinski definition) is 1. The summed E-state index contributed by atoms with van der Waals surface area (Å²) in [5.74, 6) is 0.520. The average molecular weight is 898 g/mol. The van der Waals surface area contributed by atoms with Crippen molar-refractivity contribution in [2.45, 2.75) is 145 Å². The van der Waals surface area contributed by atoms with Gasteiger partial charge in [-0.3, -0.25) is 0 Å². The summed E-state index contributed by atoms with van der Waals surface area (Å²) in [6.07, 6.45) is 43.5. The molecule has 0 saturated carbocycles. The topological polar surface area (TPSA) is 28.4 Å². The highest BCUT2D eigenvalue weighted by Gasteiger charge is 2.38. The molecule has 5 heteroatoms. The van der Waals surface area contributed by atoms with Gasteiger partial charge in [0.25, 0.3) is 0 Å². The van der Waals surface area contributed by atoms with Crippen molar-refractivity contribution in [1.82, 2.24) is 5.32 Å². The highest BCUT2D eigenvalue weighted by Crippen LogP contribution is 2.48. The summed E-state index contributed by atoms with van der Waals surface area (Å²) in [5.41, 5.74) is 10.9. The number of allylic oxidation sites excluding steroid dienone is 13. The van der Waals surface area contributed by atoms with Crippen molar-refractivity contribution < 1.29 is 4.42 Å². The van der Waals surface area contributed by atoms with E-state index < -0.39 is 0 Å². The van der Waals surface area contributed by atoms with Gasteiger partial charge in [-0.05, 0) is 154 Å². The number of rotatable bonds is 15. The standard InChI is InChI=1S/C61H78BN2OS/c1-13-15-33-59(7,8)45-26-28-46(29-27-45)62-56-55(50-41-51-52(42-53(50)65-56)61(11,12)38-37-60(51,9)10)64(39-19-18-22-44-43-66-54-25-17-16-24-49(44)54)40-31-47(21-14-2)63-48-23-20-32-57(3,4)35-36-58(5,6)34-30-48/h14,16-26,28-32,34,39,41-43,45,63H,13,15,27,33,35-38,40H2,1-12H3/b21-14-,22-18-,32-20+,34-30+,39-19+,47-31+,48-23+. The summed E-state index contributed by atoms with van der Waals surface area (Å²) in [5, 5.41) is 8.54. The Morgan fingerprint density at radius 2 is 1.64 bits per heavy atom. The third-order valence-corrected chi connectivity index (χ3v) is 15.8. The fourth-order valence-electron chi connectivity index (χ4n) is 9.90. The lowest BCUT2D eigenvalue weighted by Crippen LogP contribution is -2.33. The van der Waals surface area contributed by atoms with Crippen molar-refractivity contribution in [3.63, 3.8) is 0 Å². The number of unbranched alkanes of at least 4 members (excludes halogenated alkanes) is 1. The quantitative estimate of drug-likeness (QED) is 0.0952. The van der Waals surface area contributed by atoms with Crippen molar-refractivity contribution in [2.24, 2.45) is 22.2 Å². The second-order valence-electron chi connectivity index (χ2n) is 22.7. The van der Waals surface area contributed by atoms with Gasteiger partial charge in [-0.1, -0.05) is 167 Å². The highest BCUT2D eigenvalue weighted by molar-refractivity contribution is 7.17. The molecule has 66 heavy (non-hydrogen) atoms. The Bertz CT molecular complexity index is 2640. The van der Waals surface area contributed by atoms with Gasteiger partial charge in [-0.15, -0.1) is 11.3 Å². The molecule has 3 nitrogen and oxygen atoms in total. The Kier molecular flexibility index (Phi) is 15.1. The number of furan rings is 1. The second-order valence-corrected chi connectivity index (χ2v) is 23.6. The third kappa shape index (κ3) is 11.9. The molecule has 2 aromatic heterocycles. The minimum Gasteiger partial charge on any atom is -0.469 e. The Labute approximate surface area is 404 Å². The van der Waals surface area contributed by atoms with Crippen LogP contribution in [0, 0.1) is 22.2 Å². The van der Waals surface area contributed by atoms with Crippen LogP contribution in [0.25, 0.3) is 27.1 Å². The van der Waals surface area contributed by atoms with Crippen molar-refractivity contribution in [2.75, 3.05) is 11.4 Å². The van der Waals surface area contributed by atoms with Crippen molar-refractivity contribution in [1.29, 1.82) is 0 Å². The van der Waals surface area contributed by atoms with Gasteiger partial charge in [-0.2, -0.15) is 0 Å². The zero-order valence-corrected chi connectivity index (χ0v) is 43.3. The van der Waals surface area contributed by atoms with Crippen LogP contribution in [0.3, 0.4) is 0 Å². The Morgan fingerprint density at radius 3 is 2.35 bits per heavy atom. The van der Waals surface area contributed by atoms with E-state index in [4.69, 9.17) is 4.42 Å². The highest BCUT2D eigenvalue weighted by atomic mass is 32.1. The maximum atomic E-state index is 7.13. The monoisotopic (exact) mass is 898 g/mol. The van der Waals surface area contributed by atoms with Gasteiger partial charge in [0.2, 0.25) is 7.28 Å². The second kappa shape index (κ2) is 20.2. The SMILES string of the molecule is C/C=C\C(=C/CN(/C=C/C=C\c1csc2ccccc12)c1c([B]C2=CCC(C(C)(C)CCCC)C=C2)oc2cc3c(cc12)C(C)(C)CCC3(C)C)NC1=C/C=C/C(C)(C)CCC(C)(C)\C=C\1. The van der Waals surface area contributed by atoms with Gasteiger partial charge >= 0.3 is 0 Å². The van der Waals surface area contributed by atoms with Gasteiger partial charge in [0.15, 0.2) is 0 Å². The molecule has 3 aliphatic rings. The summed E-state index contributed by atoms with van der Waals surface area (Å²) >= 11 is 1.80. The molecule has 0 fully saturated rings. The summed E-state index contributed by atoms with van der Waals surface area (Å²) < 4.78 is 8.44. The van der Waals surface area contributed by atoms with Gasteiger partial charge in [-0.25, -0.2) is 0 Å². The van der Waals surface area contributed by atoms with Crippen LogP contribution in [-0.4, -0.2) is 13.8 Å². The Morgan fingerprint density at radius 1 is 0.909 bits per heavy atom. The van der Waals surface area contributed by atoms with Gasteiger partial charge in [0, 0.05) is 34.2 Å². The molecule has 0 saturated heterocycles. The first-order chi connectivity index (χ1) is 31.3. The fourth-order valence-corrected chi connectivity index (χ4v) is 10.8. The lowest BCUT2D eigenvalue weighted by atomic mass is 9.62. The van der Waals surface area contributed by atoms with E-state index in [0.717, 1.165) is 65.8 Å². The molecule has 0 aliphatic heterocycles. The van der Waals surface area contributed by atoms with E-state index in [1.54, 1.807) is 11.3 Å². The predicted molar refractivity (Wildman–Crippen MR) is 292 cm³/mol. The van der Waals surface area contributed by atoms with Crippen molar-refractivity contribution in [3.05, 3.63) is 161 Å². The smallest absolute Gasteiger partial charge is 0.243 e. The number of nitrogens with zero attached hydrogens (tertiary/aromatic N) is 1. The van der Waals surface area contributed by atoms with Crippen LogP contribution in [0.15, 0.2) is 148 Å². The minimum absolute atomic E-state index is 0.0519. The van der Waals surface area contributed by atoms with E-state index in [-0.39, 0.29) is 27.1 Å². The molecule has 1 N–H and O–H groups in total. The summed E-state index contributed by atoms with van der Waals surface area (Å²) in [6.45, 7) is 28.9. The molecule has 7 rings (SSSR count). The maximum absolute atomic E-state index is 7.13. The number of fused-ring (bicyclic) bond motifs is 3. The van der Waals surface area contributed by atoms with Gasteiger partial charge in [0.1, 0.15) is 5.58 Å². The van der Waals surface area contributed by atoms with Crippen molar-refractivity contribution >= 4 is 57.1 Å². The molecule has 0 spiro atoms. The predicted octanol–water partition coefficient (Wildman–Crippen LogP) is 16.9. The number of hydrogen-bond acceptors (Lipinski definition) is 4.